The van der Waals surface area contributed by atoms with E-state index in [1.807, 2.05) is 48.5 Å². The van der Waals surface area contributed by atoms with E-state index in [1.54, 1.807) is 10.6 Å². The molecule has 3 aromatic rings. The zero-order valence-corrected chi connectivity index (χ0v) is 10.1. The number of rotatable bonds is 3. The number of carbonyl (C=O) groups excluding carboxylic acids is 2. The Hall–Kier alpha value is -2.68. The molecule has 19 heavy (non-hydrogen) atoms. The van der Waals surface area contributed by atoms with Crippen LogP contribution in [0.4, 0.5) is 0 Å². The highest BCUT2D eigenvalue weighted by molar-refractivity contribution is 6.03. The molecule has 0 amide bonds. The molecule has 0 radical (unpaired) electrons. The topological polar surface area (TPSA) is 38.5 Å². The van der Waals surface area contributed by atoms with E-state index >= 15 is 0 Å². The fraction of sp³-hybridized carbons (Fsp3) is 0. The fourth-order valence-corrected chi connectivity index (χ4v) is 2.40. The Morgan fingerprint density at radius 3 is 2.26 bits per heavy atom. The monoisotopic (exact) mass is 249 g/mol. The molecule has 0 N–H and O–H groups in total. The van der Waals surface area contributed by atoms with Crippen molar-refractivity contribution >= 4 is 18.1 Å². The number of fused-ring (bicyclic) bond motifs is 1. The summed E-state index contributed by atoms with van der Waals surface area (Å²) >= 11 is 0. The van der Waals surface area contributed by atoms with Gasteiger partial charge in [-0.15, -0.1) is 0 Å². The molecular weight excluding hydrogens is 238 g/mol. The number of pyridine rings is 1. The third-order valence-corrected chi connectivity index (χ3v) is 3.21. The number of carbonyl (C=O) groups is 2. The molecule has 0 bridgehead atoms. The molecule has 3 rings (SSSR count). The highest BCUT2D eigenvalue weighted by Crippen LogP contribution is 2.31. The van der Waals surface area contributed by atoms with Gasteiger partial charge in [0.2, 0.25) is 0 Å². The standard InChI is InChI=1S/C16H11NO2/c18-10-13-14-8-4-5-9-17(14)15(11-19)16(13)12-6-2-1-3-7-12/h1-11H. The Labute approximate surface area is 110 Å². The van der Waals surface area contributed by atoms with Gasteiger partial charge in [0.1, 0.15) is 0 Å². The minimum atomic E-state index is 0.504. The number of aromatic nitrogens is 1. The van der Waals surface area contributed by atoms with Gasteiger partial charge in [0, 0.05) is 17.3 Å². The maximum absolute atomic E-state index is 11.4. The van der Waals surface area contributed by atoms with Crippen LogP contribution in [0.5, 0.6) is 0 Å². The van der Waals surface area contributed by atoms with Crippen molar-refractivity contribution in [3.63, 3.8) is 0 Å². The molecule has 0 fully saturated rings. The summed E-state index contributed by atoms with van der Waals surface area (Å²) < 4.78 is 1.75. The summed E-state index contributed by atoms with van der Waals surface area (Å²) in [5.74, 6) is 0. The van der Waals surface area contributed by atoms with Crippen molar-refractivity contribution in [1.29, 1.82) is 0 Å². The highest BCUT2D eigenvalue weighted by atomic mass is 16.1. The van der Waals surface area contributed by atoms with E-state index in [4.69, 9.17) is 0 Å². The molecule has 2 heterocycles. The lowest BCUT2D eigenvalue weighted by molar-refractivity contribution is 0.111. The highest BCUT2D eigenvalue weighted by Gasteiger charge is 2.18. The van der Waals surface area contributed by atoms with Gasteiger partial charge in [0.05, 0.1) is 11.2 Å². The third kappa shape index (κ3) is 1.67. The second-order valence-electron chi connectivity index (χ2n) is 4.23. The van der Waals surface area contributed by atoms with Crippen LogP contribution in [0.1, 0.15) is 20.8 Å². The van der Waals surface area contributed by atoms with Gasteiger partial charge in [-0.3, -0.25) is 9.59 Å². The van der Waals surface area contributed by atoms with E-state index in [9.17, 15) is 9.59 Å². The Morgan fingerprint density at radius 1 is 0.842 bits per heavy atom. The van der Waals surface area contributed by atoms with Crippen molar-refractivity contribution < 1.29 is 9.59 Å². The Balaban J connectivity index is 2.46. The Kier molecular flexibility index (Phi) is 2.72. The maximum Gasteiger partial charge on any atom is 0.167 e. The zero-order valence-electron chi connectivity index (χ0n) is 10.1. The number of aldehydes is 2. The summed E-state index contributed by atoms with van der Waals surface area (Å²) in [5.41, 5.74) is 3.36. The van der Waals surface area contributed by atoms with E-state index in [0.717, 1.165) is 23.7 Å². The molecular formula is C16H11NO2. The summed E-state index contributed by atoms with van der Waals surface area (Å²) in [5, 5.41) is 0. The number of nitrogens with zero attached hydrogens (tertiary/aromatic N) is 1. The summed E-state index contributed by atoms with van der Waals surface area (Å²) in [7, 11) is 0. The molecule has 0 unspecified atom stereocenters. The molecule has 1 aromatic carbocycles. The van der Waals surface area contributed by atoms with Crippen LogP contribution in [0.25, 0.3) is 16.6 Å². The zero-order chi connectivity index (χ0) is 13.2. The van der Waals surface area contributed by atoms with Gasteiger partial charge in [0.15, 0.2) is 12.6 Å². The number of benzene rings is 1. The molecule has 3 nitrogen and oxygen atoms in total. The molecule has 0 atom stereocenters. The average molecular weight is 249 g/mol. The van der Waals surface area contributed by atoms with Gasteiger partial charge in [0.25, 0.3) is 0 Å². The van der Waals surface area contributed by atoms with Gasteiger partial charge in [-0.2, -0.15) is 0 Å². The van der Waals surface area contributed by atoms with Crippen molar-refractivity contribution in [3.05, 3.63) is 66.0 Å². The first-order valence-electron chi connectivity index (χ1n) is 5.95. The normalized spacial score (nSPS) is 10.5. The summed E-state index contributed by atoms with van der Waals surface area (Å²) in [6, 6.07) is 15.0. The second-order valence-corrected chi connectivity index (χ2v) is 4.23. The molecule has 3 heteroatoms. The van der Waals surface area contributed by atoms with Gasteiger partial charge in [-0.1, -0.05) is 36.4 Å². The van der Waals surface area contributed by atoms with Gasteiger partial charge in [-0.05, 0) is 17.7 Å². The fourth-order valence-electron chi connectivity index (χ4n) is 2.40. The van der Waals surface area contributed by atoms with Crippen molar-refractivity contribution in [1.82, 2.24) is 4.40 Å². The maximum atomic E-state index is 11.4. The predicted octanol–water partition coefficient (Wildman–Crippen LogP) is 3.23. The molecule has 0 saturated heterocycles. The van der Waals surface area contributed by atoms with Crippen molar-refractivity contribution in [3.8, 4) is 11.1 Å². The summed E-state index contributed by atoms with van der Waals surface area (Å²) in [6.07, 6.45) is 3.39. The number of hydrogen-bond donors (Lipinski definition) is 0. The largest absolute Gasteiger partial charge is 0.313 e. The lowest BCUT2D eigenvalue weighted by Crippen LogP contribution is -1.91. The van der Waals surface area contributed by atoms with Crippen molar-refractivity contribution in [2.45, 2.75) is 0 Å². The second kappa shape index (κ2) is 4.53. The van der Waals surface area contributed by atoms with Gasteiger partial charge >= 0.3 is 0 Å². The van der Waals surface area contributed by atoms with Crippen LogP contribution in [-0.4, -0.2) is 17.0 Å². The van der Waals surface area contributed by atoms with E-state index in [-0.39, 0.29) is 0 Å². The van der Waals surface area contributed by atoms with Crippen LogP contribution >= 0.6 is 0 Å². The third-order valence-electron chi connectivity index (χ3n) is 3.21. The van der Waals surface area contributed by atoms with Crippen molar-refractivity contribution in [2.24, 2.45) is 0 Å². The lowest BCUT2D eigenvalue weighted by Gasteiger charge is -2.00. The van der Waals surface area contributed by atoms with Gasteiger partial charge in [-0.25, -0.2) is 0 Å². The van der Waals surface area contributed by atoms with Crippen LogP contribution < -0.4 is 0 Å². The predicted molar refractivity (Wildman–Crippen MR) is 73.6 cm³/mol. The lowest BCUT2D eigenvalue weighted by atomic mass is 10.0. The minimum Gasteiger partial charge on any atom is -0.313 e. The minimum absolute atomic E-state index is 0.504. The van der Waals surface area contributed by atoms with E-state index in [1.165, 1.54) is 0 Å². The first-order valence-corrected chi connectivity index (χ1v) is 5.95. The first kappa shape index (κ1) is 11.4. The van der Waals surface area contributed by atoms with E-state index < -0.39 is 0 Å². The smallest absolute Gasteiger partial charge is 0.167 e. The first-order chi connectivity index (χ1) is 9.36. The van der Waals surface area contributed by atoms with Crippen LogP contribution in [0.2, 0.25) is 0 Å². The van der Waals surface area contributed by atoms with Crippen LogP contribution in [0.15, 0.2) is 54.7 Å². The quantitative estimate of drug-likeness (QED) is 0.668. The SMILES string of the molecule is O=Cc1c(-c2ccccc2)c(C=O)n2ccccc12. The van der Waals surface area contributed by atoms with E-state index in [2.05, 4.69) is 0 Å². The molecule has 0 aliphatic carbocycles. The number of hydrogen-bond acceptors (Lipinski definition) is 2. The molecule has 0 aliphatic rings. The Bertz CT molecular complexity index is 712. The van der Waals surface area contributed by atoms with Crippen molar-refractivity contribution in [2.75, 3.05) is 0 Å². The molecule has 2 aromatic heterocycles. The van der Waals surface area contributed by atoms with Crippen LogP contribution in [0.3, 0.4) is 0 Å². The molecule has 92 valence electrons. The summed E-state index contributed by atoms with van der Waals surface area (Å²) in [6.45, 7) is 0. The van der Waals surface area contributed by atoms with Gasteiger partial charge < -0.3 is 4.40 Å². The summed E-state index contributed by atoms with van der Waals surface area (Å²) in [4.78, 5) is 22.8. The van der Waals surface area contributed by atoms with Crippen LogP contribution in [-0.2, 0) is 0 Å². The molecule has 0 spiro atoms. The average Bonchev–Trinajstić information content (AvgIpc) is 2.81. The molecule has 0 saturated carbocycles. The van der Waals surface area contributed by atoms with E-state index in [0.29, 0.717) is 16.8 Å². The van der Waals surface area contributed by atoms with Crippen LogP contribution in [0, 0.1) is 0 Å². The molecule has 0 aliphatic heterocycles. The Morgan fingerprint density at radius 2 is 1.58 bits per heavy atom.